The summed E-state index contributed by atoms with van der Waals surface area (Å²) in [5.41, 5.74) is 1.75. The number of aliphatic hydroxyl groups is 1. The van der Waals surface area contributed by atoms with Crippen molar-refractivity contribution in [3.05, 3.63) is 77.2 Å². The van der Waals surface area contributed by atoms with Crippen molar-refractivity contribution in [2.24, 2.45) is 0 Å². The molecule has 26 heavy (non-hydrogen) atoms. The van der Waals surface area contributed by atoms with Crippen molar-refractivity contribution in [2.45, 2.75) is 32.7 Å². The number of hydrogen-bond donors (Lipinski definition) is 1. The summed E-state index contributed by atoms with van der Waals surface area (Å²) >= 11 is 0. The highest BCUT2D eigenvalue weighted by atomic mass is 16.7. The average molecular weight is 350 g/mol. The Hall–Kier alpha value is -2.90. The second-order valence-corrected chi connectivity index (χ2v) is 5.92. The summed E-state index contributed by atoms with van der Waals surface area (Å²) in [6, 6.07) is 17.1. The minimum absolute atomic E-state index is 0.383. The molecule has 0 amide bonds. The van der Waals surface area contributed by atoms with Crippen molar-refractivity contribution in [3.8, 4) is 17.6 Å². The molecule has 134 valence electrons. The lowest BCUT2D eigenvalue weighted by Gasteiger charge is -2.12. The number of allylic oxidation sites excluding steroid dienone is 1. The van der Waals surface area contributed by atoms with Gasteiger partial charge in [-0.15, -0.1) is 5.92 Å². The fourth-order valence-electron chi connectivity index (χ4n) is 2.67. The summed E-state index contributed by atoms with van der Waals surface area (Å²) in [4.78, 5) is 0. The lowest BCUT2D eigenvalue weighted by Crippen LogP contribution is -2.02. The molecule has 0 radical (unpaired) electrons. The highest BCUT2D eigenvalue weighted by Crippen LogP contribution is 2.34. The van der Waals surface area contributed by atoms with Crippen molar-refractivity contribution >= 4 is 0 Å². The number of benzene rings is 2. The number of ether oxygens (including phenoxy) is 3. The molecule has 0 aromatic heterocycles. The Bertz CT molecular complexity index is 813. The maximum Gasteiger partial charge on any atom is 0.267 e. The molecule has 0 aliphatic carbocycles. The van der Waals surface area contributed by atoms with E-state index < -0.39 is 6.10 Å². The predicted octanol–water partition coefficient (Wildman–Crippen LogP) is 4.49. The molecule has 2 aromatic carbocycles. The summed E-state index contributed by atoms with van der Waals surface area (Å²) in [7, 11) is 0. The normalized spacial score (nSPS) is 17.0. The molecule has 1 aliphatic rings. The SMILES string of the molecule is CC#CC(O)c1ccc(OCCC2=C(C)OC(c3ccccc3)O2)cc1. The fraction of sp³-hybridized carbons (Fsp3) is 0.273. The van der Waals surface area contributed by atoms with Gasteiger partial charge in [0.25, 0.3) is 6.29 Å². The third kappa shape index (κ3) is 4.38. The lowest BCUT2D eigenvalue weighted by atomic mass is 10.1. The molecule has 0 fully saturated rings. The molecule has 0 saturated heterocycles. The molecule has 2 unspecified atom stereocenters. The van der Waals surface area contributed by atoms with Crippen molar-refractivity contribution in [1.29, 1.82) is 0 Å². The van der Waals surface area contributed by atoms with E-state index in [0.717, 1.165) is 28.4 Å². The van der Waals surface area contributed by atoms with Crippen molar-refractivity contribution in [1.82, 2.24) is 0 Å². The Labute approximate surface area is 154 Å². The van der Waals surface area contributed by atoms with E-state index in [-0.39, 0.29) is 6.29 Å². The second-order valence-electron chi connectivity index (χ2n) is 5.92. The van der Waals surface area contributed by atoms with Gasteiger partial charge in [0, 0.05) is 12.0 Å². The Morgan fingerprint density at radius 2 is 1.81 bits per heavy atom. The minimum atomic E-state index is -0.763. The molecule has 1 heterocycles. The Kier molecular flexibility index (Phi) is 5.83. The van der Waals surface area contributed by atoms with Crippen LogP contribution in [0.4, 0.5) is 0 Å². The number of rotatable bonds is 6. The van der Waals surface area contributed by atoms with Gasteiger partial charge in [-0.3, -0.25) is 0 Å². The van der Waals surface area contributed by atoms with Gasteiger partial charge in [-0.05, 0) is 31.5 Å². The molecule has 1 aliphatic heterocycles. The third-order valence-corrected chi connectivity index (χ3v) is 4.07. The van der Waals surface area contributed by atoms with Gasteiger partial charge in [0.05, 0.1) is 6.61 Å². The van der Waals surface area contributed by atoms with Crippen LogP contribution in [-0.2, 0) is 9.47 Å². The largest absolute Gasteiger partial charge is 0.493 e. The zero-order chi connectivity index (χ0) is 18.4. The molecule has 3 rings (SSSR count). The molecule has 0 saturated carbocycles. The average Bonchev–Trinajstić information content (AvgIpc) is 3.04. The molecule has 0 spiro atoms. The van der Waals surface area contributed by atoms with Crippen molar-refractivity contribution < 1.29 is 19.3 Å². The lowest BCUT2D eigenvalue weighted by molar-refractivity contribution is -0.0432. The first kappa shape index (κ1) is 17.9. The third-order valence-electron chi connectivity index (χ3n) is 4.07. The summed E-state index contributed by atoms with van der Waals surface area (Å²) in [5.74, 6) is 7.75. The van der Waals surface area contributed by atoms with Crippen molar-refractivity contribution in [3.63, 3.8) is 0 Å². The highest BCUT2D eigenvalue weighted by molar-refractivity contribution is 5.31. The quantitative estimate of drug-likeness (QED) is 0.780. The van der Waals surface area contributed by atoms with E-state index in [1.165, 1.54) is 0 Å². The zero-order valence-corrected chi connectivity index (χ0v) is 14.9. The number of aliphatic hydroxyl groups excluding tert-OH is 1. The van der Waals surface area contributed by atoms with Gasteiger partial charge in [-0.1, -0.05) is 48.4 Å². The molecular weight excluding hydrogens is 328 g/mol. The maximum absolute atomic E-state index is 9.83. The molecule has 4 nitrogen and oxygen atoms in total. The summed E-state index contributed by atoms with van der Waals surface area (Å²) < 4.78 is 17.5. The van der Waals surface area contributed by atoms with Crippen LogP contribution in [0.1, 0.15) is 43.8 Å². The summed E-state index contributed by atoms with van der Waals surface area (Å²) in [5, 5.41) is 9.83. The van der Waals surface area contributed by atoms with Crippen LogP contribution >= 0.6 is 0 Å². The van der Waals surface area contributed by atoms with Gasteiger partial charge < -0.3 is 19.3 Å². The first-order valence-electron chi connectivity index (χ1n) is 8.58. The van der Waals surface area contributed by atoms with E-state index in [1.54, 1.807) is 6.92 Å². The molecule has 0 bridgehead atoms. The van der Waals surface area contributed by atoms with E-state index >= 15 is 0 Å². The van der Waals surface area contributed by atoms with Gasteiger partial charge in [0.1, 0.15) is 23.4 Å². The topological polar surface area (TPSA) is 47.9 Å². The van der Waals surface area contributed by atoms with E-state index in [1.807, 2.05) is 61.5 Å². The molecule has 2 aromatic rings. The van der Waals surface area contributed by atoms with Gasteiger partial charge >= 0.3 is 0 Å². The van der Waals surface area contributed by atoms with Crippen LogP contribution in [0.25, 0.3) is 0 Å². The van der Waals surface area contributed by atoms with Gasteiger partial charge in [-0.25, -0.2) is 0 Å². The van der Waals surface area contributed by atoms with Crippen LogP contribution < -0.4 is 4.74 Å². The summed E-state index contributed by atoms with van der Waals surface area (Å²) in [6.07, 6.45) is -0.520. The Morgan fingerprint density at radius 3 is 2.50 bits per heavy atom. The molecule has 4 heteroatoms. The molecule has 2 atom stereocenters. The maximum atomic E-state index is 9.83. The zero-order valence-electron chi connectivity index (χ0n) is 14.9. The van der Waals surface area contributed by atoms with Crippen LogP contribution in [0.3, 0.4) is 0 Å². The standard InChI is InChI=1S/C22H22O4/c1-3-7-20(23)17-10-12-19(13-11-17)24-15-14-21-16(2)25-22(26-21)18-8-5-4-6-9-18/h4-6,8-13,20,22-23H,14-15H2,1-2H3. The minimum Gasteiger partial charge on any atom is -0.493 e. The summed E-state index contributed by atoms with van der Waals surface area (Å²) in [6.45, 7) is 4.09. The Morgan fingerprint density at radius 1 is 1.08 bits per heavy atom. The van der Waals surface area contributed by atoms with Crippen LogP contribution in [0, 0.1) is 11.8 Å². The number of hydrogen-bond acceptors (Lipinski definition) is 4. The monoisotopic (exact) mass is 350 g/mol. The Balaban J connectivity index is 1.50. The van der Waals surface area contributed by atoms with E-state index in [2.05, 4.69) is 11.8 Å². The van der Waals surface area contributed by atoms with Gasteiger partial charge in [-0.2, -0.15) is 0 Å². The smallest absolute Gasteiger partial charge is 0.267 e. The van der Waals surface area contributed by atoms with E-state index in [9.17, 15) is 5.11 Å². The van der Waals surface area contributed by atoms with Crippen LogP contribution in [0.2, 0.25) is 0 Å². The predicted molar refractivity (Wildman–Crippen MR) is 99.0 cm³/mol. The van der Waals surface area contributed by atoms with Crippen LogP contribution in [0.5, 0.6) is 5.75 Å². The van der Waals surface area contributed by atoms with Crippen molar-refractivity contribution in [2.75, 3.05) is 6.61 Å². The van der Waals surface area contributed by atoms with Gasteiger partial charge in [0.15, 0.2) is 0 Å². The molecular formula is C22H22O4. The van der Waals surface area contributed by atoms with E-state index in [4.69, 9.17) is 14.2 Å². The fourth-order valence-corrected chi connectivity index (χ4v) is 2.67. The second kappa shape index (κ2) is 8.46. The first-order chi connectivity index (χ1) is 12.7. The highest BCUT2D eigenvalue weighted by Gasteiger charge is 2.25. The van der Waals surface area contributed by atoms with E-state index in [0.29, 0.717) is 13.0 Å². The first-order valence-corrected chi connectivity index (χ1v) is 8.58. The van der Waals surface area contributed by atoms with Crippen LogP contribution in [0.15, 0.2) is 66.1 Å². The molecule has 1 N–H and O–H groups in total. The van der Waals surface area contributed by atoms with Gasteiger partial charge in [0.2, 0.25) is 0 Å². The van der Waals surface area contributed by atoms with Crippen LogP contribution in [-0.4, -0.2) is 11.7 Å².